The van der Waals surface area contributed by atoms with E-state index in [2.05, 4.69) is 0 Å². The third kappa shape index (κ3) is 2.64. The highest BCUT2D eigenvalue weighted by atomic mass is 19.2. The number of halogens is 1. The molecule has 2 aliphatic carbocycles. The quantitative estimate of drug-likeness (QED) is 0.765. The van der Waals surface area contributed by atoms with Gasteiger partial charge in [0, 0.05) is 0 Å². The molecule has 3 nitrogen and oxygen atoms in total. The lowest BCUT2D eigenvalue weighted by molar-refractivity contribution is -0.172. The van der Waals surface area contributed by atoms with E-state index in [1.54, 1.807) is 0 Å². The van der Waals surface area contributed by atoms with Crippen LogP contribution in [-0.2, 0) is 9.53 Å². The largest absolute Gasteiger partial charge is 0.481 e. The standard InChI is InChI=1S/C13H15FO3/c14-13(17-9-10-5-1-2-6-10)8-4-3-7-11(13)12(15)16/h1-4,7-8,10-11H,5-6,9H2,(H,15,16). The predicted molar refractivity (Wildman–Crippen MR) is 61.1 cm³/mol. The van der Waals surface area contributed by atoms with E-state index in [-0.39, 0.29) is 12.5 Å². The van der Waals surface area contributed by atoms with Gasteiger partial charge in [0.05, 0.1) is 6.61 Å². The van der Waals surface area contributed by atoms with Crippen LogP contribution in [0.5, 0.6) is 0 Å². The normalized spacial score (nSPS) is 32.2. The first kappa shape index (κ1) is 12.0. The Labute approximate surface area is 99.3 Å². The summed E-state index contributed by atoms with van der Waals surface area (Å²) in [6.07, 6.45) is 11.3. The Morgan fingerprint density at radius 3 is 2.76 bits per heavy atom. The molecule has 0 aromatic heterocycles. The van der Waals surface area contributed by atoms with E-state index in [0.717, 1.165) is 12.8 Å². The maximum Gasteiger partial charge on any atom is 0.316 e. The molecule has 2 unspecified atom stereocenters. The van der Waals surface area contributed by atoms with Crippen molar-refractivity contribution in [2.24, 2.45) is 11.8 Å². The van der Waals surface area contributed by atoms with Crippen molar-refractivity contribution >= 4 is 5.97 Å². The van der Waals surface area contributed by atoms with Crippen molar-refractivity contribution in [1.29, 1.82) is 0 Å². The lowest BCUT2D eigenvalue weighted by atomic mass is 9.95. The maximum absolute atomic E-state index is 14.4. The lowest BCUT2D eigenvalue weighted by Gasteiger charge is -2.29. The van der Waals surface area contributed by atoms with Crippen molar-refractivity contribution in [3.63, 3.8) is 0 Å². The first-order chi connectivity index (χ1) is 8.12. The van der Waals surface area contributed by atoms with Gasteiger partial charge in [0.2, 0.25) is 5.85 Å². The number of alkyl halides is 1. The van der Waals surface area contributed by atoms with E-state index in [1.165, 1.54) is 24.3 Å². The molecule has 0 aromatic rings. The zero-order valence-electron chi connectivity index (χ0n) is 9.38. The number of allylic oxidation sites excluding steroid dienone is 4. The fourth-order valence-corrected chi connectivity index (χ4v) is 2.04. The summed E-state index contributed by atoms with van der Waals surface area (Å²) >= 11 is 0. The van der Waals surface area contributed by atoms with Gasteiger partial charge in [-0.25, -0.2) is 4.39 Å². The summed E-state index contributed by atoms with van der Waals surface area (Å²) in [5, 5.41) is 8.95. The second-order valence-corrected chi connectivity index (χ2v) is 4.38. The topological polar surface area (TPSA) is 46.5 Å². The number of hydrogen-bond donors (Lipinski definition) is 1. The van der Waals surface area contributed by atoms with Crippen molar-refractivity contribution in [2.75, 3.05) is 6.61 Å². The summed E-state index contributed by atoms with van der Waals surface area (Å²) < 4.78 is 19.6. The van der Waals surface area contributed by atoms with Gasteiger partial charge >= 0.3 is 5.97 Å². The van der Waals surface area contributed by atoms with Gasteiger partial charge in [-0.3, -0.25) is 4.79 Å². The molecule has 0 bridgehead atoms. The number of carboxylic acids is 1. The summed E-state index contributed by atoms with van der Waals surface area (Å²) in [7, 11) is 0. The fourth-order valence-electron chi connectivity index (χ4n) is 2.04. The van der Waals surface area contributed by atoms with E-state index >= 15 is 0 Å². The van der Waals surface area contributed by atoms with Crippen molar-refractivity contribution < 1.29 is 19.0 Å². The Kier molecular flexibility index (Phi) is 3.43. The van der Waals surface area contributed by atoms with Crippen LogP contribution >= 0.6 is 0 Å². The number of ether oxygens (including phenoxy) is 1. The van der Waals surface area contributed by atoms with Gasteiger partial charge < -0.3 is 9.84 Å². The van der Waals surface area contributed by atoms with Crippen LogP contribution in [0.25, 0.3) is 0 Å². The van der Waals surface area contributed by atoms with Gasteiger partial charge in [-0.15, -0.1) is 0 Å². The van der Waals surface area contributed by atoms with E-state index in [9.17, 15) is 9.18 Å². The molecule has 92 valence electrons. The Balaban J connectivity index is 1.98. The van der Waals surface area contributed by atoms with E-state index in [0.29, 0.717) is 0 Å². The van der Waals surface area contributed by atoms with Gasteiger partial charge in [0.25, 0.3) is 0 Å². The van der Waals surface area contributed by atoms with Gasteiger partial charge in [-0.2, -0.15) is 0 Å². The second-order valence-electron chi connectivity index (χ2n) is 4.38. The van der Waals surface area contributed by atoms with Crippen molar-refractivity contribution in [1.82, 2.24) is 0 Å². The number of rotatable bonds is 4. The highest BCUT2D eigenvalue weighted by Crippen LogP contribution is 2.32. The first-order valence-electron chi connectivity index (χ1n) is 5.68. The van der Waals surface area contributed by atoms with Crippen molar-refractivity contribution in [3.05, 3.63) is 36.5 Å². The van der Waals surface area contributed by atoms with Gasteiger partial charge in [0.1, 0.15) is 5.92 Å². The Morgan fingerprint density at radius 1 is 1.41 bits per heavy atom. The minimum Gasteiger partial charge on any atom is -0.481 e. The molecule has 0 aliphatic heterocycles. The molecule has 0 saturated heterocycles. The molecule has 0 radical (unpaired) electrons. The molecule has 0 spiro atoms. The van der Waals surface area contributed by atoms with Gasteiger partial charge in [0.15, 0.2) is 0 Å². The molecule has 0 heterocycles. The summed E-state index contributed by atoms with van der Waals surface area (Å²) in [6.45, 7) is 0.242. The highest BCUT2D eigenvalue weighted by Gasteiger charge is 2.43. The van der Waals surface area contributed by atoms with Crippen molar-refractivity contribution in [3.8, 4) is 0 Å². The number of aliphatic carboxylic acids is 1. The molecule has 0 amide bonds. The third-order valence-corrected chi connectivity index (χ3v) is 3.07. The zero-order valence-corrected chi connectivity index (χ0v) is 9.38. The SMILES string of the molecule is O=C(O)C1C=CC=CC1(F)OCC1CC=CC1. The Bertz CT molecular complexity index is 378. The molecular weight excluding hydrogens is 223 g/mol. The van der Waals surface area contributed by atoms with E-state index < -0.39 is 17.7 Å². The average molecular weight is 238 g/mol. The maximum atomic E-state index is 14.4. The first-order valence-corrected chi connectivity index (χ1v) is 5.68. The second kappa shape index (κ2) is 4.84. The highest BCUT2D eigenvalue weighted by molar-refractivity contribution is 5.74. The van der Waals surface area contributed by atoms with Crippen LogP contribution in [0.4, 0.5) is 4.39 Å². The monoisotopic (exact) mass is 238 g/mol. The predicted octanol–water partition coefficient (Wildman–Crippen LogP) is 2.46. The van der Waals surface area contributed by atoms with Gasteiger partial charge in [-0.1, -0.05) is 30.4 Å². The molecule has 0 aromatic carbocycles. The van der Waals surface area contributed by atoms with Crippen LogP contribution in [0.1, 0.15) is 12.8 Å². The average Bonchev–Trinajstić information content (AvgIpc) is 2.79. The summed E-state index contributed by atoms with van der Waals surface area (Å²) in [5.74, 6) is -4.43. The van der Waals surface area contributed by atoms with Crippen LogP contribution < -0.4 is 0 Å². The number of hydrogen-bond acceptors (Lipinski definition) is 2. The molecule has 17 heavy (non-hydrogen) atoms. The lowest BCUT2D eigenvalue weighted by Crippen LogP contribution is -2.40. The molecule has 2 atom stereocenters. The minimum absolute atomic E-state index is 0.242. The summed E-state index contributed by atoms with van der Waals surface area (Å²) in [6, 6.07) is 0. The molecule has 4 heteroatoms. The molecule has 0 fully saturated rings. The Morgan fingerprint density at radius 2 is 2.12 bits per heavy atom. The molecule has 2 rings (SSSR count). The zero-order chi connectivity index (χ0) is 12.3. The summed E-state index contributed by atoms with van der Waals surface area (Å²) in [4.78, 5) is 10.9. The van der Waals surface area contributed by atoms with E-state index in [4.69, 9.17) is 9.84 Å². The minimum atomic E-state index is -2.22. The number of carboxylic acid groups (broad SMARTS) is 1. The van der Waals surface area contributed by atoms with Crippen molar-refractivity contribution in [2.45, 2.75) is 18.7 Å². The number of carbonyl (C=O) groups is 1. The van der Waals surface area contributed by atoms with Crippen LogP contribution in [-0.4, -0.2) is 23.5 Å². The Hall–Kier alpha value is -1.42. The molecule has 2 aliphatic rings. The van der Waals surface area contributed by atoms with Crippen LogP contribution in [0.3, 0.4) is 0 Å². The fraction of sp³-hybridized carbons (Fsp3) is 0.462. The van der Waals surface area contributed by atoms with E-state index in [1.807, 2.05) is 12.2 Å². The molecule has 1 N–H and O–H groups in total. The summed E-state index contributed by atoms with van der Waals surface area (Å²) in [5.41, 5.74) is 0. The third-order valence-electron chi connectivity index (χ3n) is 3.07. The van der Waals surface area contributed by atoms with Crippen LogP contribution in [0.2, 0.25) is 0 Å². The smallest absolute Gasteiger partial charge is 0.316 e. The van der Waals surface area contributed by atoms with Crippen LogP contribution in [0, 0.1) is 11.8 Å². The van der Waals surface area contributed by atoms with Crippen LogP contribution in [0.15, 0.2) is 36.5 Å². The molecular formula is C13H15FO3. The molecule has 0 saturated carbocycles. The van der Waals surface area contributed by atoms with Gasteiger partial charge in [-0.05, 0) is 24.8 Å².